The Hall–Kier alpha value is -1.08. The summed E-state index contributed by atoms with van der Waals surface area (Å²) < 4.78 is 0. The van der Waals surface area contributed by atoms with Gasteiger partial charge >= 0.3 is 0 Å². The quantitative estimate of drug-likeness (QED) is 0.656. The average Bonchev–Trinajstić information content (AvgIpc) is 2.31. The first-order chi connectivity index (χ1) is 6.22. The first-order valence-corrected chi connectivity index (χ1v) is 4.63. The molecule has 0 saturated carbocycles. The highest BCUT2D eigenvalue weighted by atomic mass is 14.6. The second-order valence-corrected chi connectivity index (χ2v) is 3.46. The lowest BCUT2D eigenvalue weighted by atomic mass is 10.1. The van der Waals surface area contributed by atoms with Crippen molar-refractivity contribution in [3.63, 3.8) is 0 Å². The van der Waals surface area contributed by atoms with Crippen molar-refractivity contribution in [2.24, 2.45) is 5.73 Å². The van der Waals surface area contributed by atoms with E-state index < -0.39 is 0 Å². The van der Waals surface area contributed by atoms with E-state index in [1.165, 1.54) is 11.1 Å². The maximum atomic E-state index is 5.78. The Balaban J connectivity index is 2.64. The molecule has 0 bridgehead atoms. The summed E-state index contributed by atoms with van der Waals surface area (Å²) >= 11 is 0. The van der Waals surface area contributed by atoms with Crippen LogP contribution in [0.4, 0.5) is 0 Å². The minimum absolute atomic E-state index is 0.0720. The molecule has 1 heteroatoms. The largest absolute Gasteiger partial charge is 0.324 e. The van der Waals surface area contributed by atoms with E-state index in [2.05, 4.69) is 37.8 Å². The molecule has 1 unspecified atom stereocenters. The summed E-state index contributed by atoms with van der Waals surface area (Å²) in [6.07, 6.45) is 12.3. The van der Waals surface area contributed by atoms with Crippen LogP contribution in [0.15, 0.2) is 48.1 Å². The van der Waals surface area contributed by atoms with E-state index in [4.69, 9.17) is 5.73 Å². The van der Waals surface area contributed by atoms with E-state index in [1.807, 2.05) is 0 Å². The molecule has 2 N–H and O–H groups in total. The van der Waals surface area contributed by atoms with Crippen LogP contribution in [0, 0.1) is 0 Å². The Morgan fingerprint density at radius 2 is 2.38 bits per heavy atom. The predicted molar refractivity (Wildman–Crippen MR) is 58.4 cm³/mol. The molecule has 0 aromatic rings. The minimum atomic E-state index is 0.0720. The molecule has 0 spiro atoms. The van der Waals surface area contributed by atoms with Crippen molar-refractivity contribution in [1.82, 2.24) is 0 Å². The van der Waals surface area contributed by atoms with Crippen LogP contribution in [0.25, 0.3) is 0 Å². The smallest absolute Gasteiger partial charge is 0.0262 e. The zero-order valence-corrected chi connectivity index (χ0v) is 8.16. The highest BCUT2D eigenvalue weighted by molar-refractivity contribution is 5.31. The van der Waals surface area contributed by atoms with Gasteiger partial charge in [0.1, 0.15) is 0 Å². The van der Waals surface area contributed by atoms with Crippen molar-refractivity contribution in [3.8, 4) is 0 Å². The highest BCUT2D eigenvalue weighted by Gasteiger charge is 2.00. The third kappa shape index (κ3) is 3.43. The molecule has 0 radical (unpaired) electrons. The molecule has 0 aromatic carbocycles. The zero-order chi connectivity index (χ0) is 9.68. The van der Waals surface area contributed by atoms with Gasteiger partial charge in [0.25, 0.3) is 0 Å². The number of rotatable bonds is 3. The molecule has 1 aliphatic carbocycles. The molecule has 70 valence electrons. The van der Waals surface area contributed by atoms with Crippen LogP contribution in [0.3, 0.4) is 0 Å². The average molecular weight is 175 g/mol. The van der Waals surface area contributed by atoms with Crippen LogP contribution >= 0.6 is 0 Å². The summed E-state index contributed by atoms with van der Waals surface area (Å²) in [6.45, 7) is 5.81. The lowest BCUT2D eigenvalue weighted by molar-refractivity contribution is 0.815. The molecule has 0 amide bonds. The van der Waals surface area contributed by atoms with Crippen molar-refractivity contribution in [2.75, 3.05) is 0 Å². The first kappa shape index (κ1) is 10.0. The maximum Gasteiger partial charge on any atom is 0.0262 e. The molecule has 1 nitrogen and oxygen atoms in total. The lowest BCUT2D eigenvalue weighted by Crippen LogP contribution is -2.16. The van der Waals surface area contributed by atoms with Gasteiger partial charge in [-0.05, 0) is 25.3 Å². The fourth-order valence-corrected chi connectivity index (χ4v) is 1.26. The Morgan fingerprint density at radius 3 is 3.08 bits per heavy atom. The Bertz CT molecular complexity index is 269. The number of hydrogen-bond donors (Lipinski definition) is 1. The summed E-state index contributed by atoms with van der Waals surface area (Å²) in [5.74, 6) is 0. The van der Waals surface area contributed by atoms with Crippen LogP contribution < -0.4 is 5.73 Å². The third-order valence-electron chi connectivity index (χ3n) is 2.13. The molecule has 0 heterocycles. The molecule has 0 aliphatic heterocycles. The number of nitrogens with two attached hydrogens (primary N) is 1. The second kappa shape index (κ2) is 4.83. The zero-order valence-electron chi connectivity index (χ0n) is 8.16. The first-order valence-electron chi connectivity index (χ1n) is 4.63. The van der Waals surface area contributed by atoms with Crippen molar-refractivity contribution in [1.29, 1.82) is 0 Å². The van der Waals surface area contributed by atoms with Gasteiger partial charge in [0, 0.05) is 6.04 Å². The van der Waals surface area contributed by atoms with Crippen molar-refractivity contribution >= 4 is 0 Å². The van der Waals surface area contributed by atoms with Crippen LogP contribution in [0.2, 0.25) is 0 Å². The Labute approximate surface area is 80.3 Å². The van der Waals surface area contributed by atoms with Gasteiger partial charge < -0.3 is 5.73 Å². The van der Waals surface area contributed by atoms with E-state index in [-0.39, 0.29) is 6.04 Å². The summed E-state index contributed by atoms with van der Waals surface area (Å²) in [4.78, 5) is 0. The van der Waals surface area contributed by atoms with Gasteiger partial charge in [0.05, 0.1) is 0 Å². The van der Waals surface area contributed by atoms with Crippen molar-refractivity contribution in [3.05, 3.63) is 48.1 Å². The lowest BCUT2D eigenvalue weighted by Gasteiger charge is -2.05. The Morgan fingerprint density at radius 1 is 1.62 bits per heavy atom. The Kier molecular flexibility index (Phi) is 3.71. The third-order valence-corrected chi connectivity index (χ3v) is 2.13. The fourth-order valence-electron chi connectivity index (χ4n) is 1.26. The van der Waals surface area contributed by atoms with Gasteiger partial charge in [0.15, 0.2) is 0 Å². The maximum absolute atomic E-state index is 5.78. The van der Waals surface area contributed by atoms with Crippen molar-refractivity contribution in [2.45, 2.75) is 25.8 Å². The highest BCUT2D eigenvalue weighted by Crippen LogP contribution is 2.14. The van der Waals surface area contributed by atoms with Gasteiger partial charge in [-0.15, -0.1) is 6.58 Å². The molecular weight excluding hydrogens is 158 g/mol. The van der Waals surface area contributed by atoms with Crippen LogP contribution in [0.5, 0.6) is 0 Å². The monoisotopic (exact) mass is 175 g/mol. The molecule has 1 atom stereocenters. The van der Waals surface area contributed by atoms with E-state index in [0.717, 1.165) is 12.8 Å². The van der Waals surface area contributed by atoms with E-state index in [0.29, 0.717) is 0 Å². The van der Waals surface area contributed by atoms with Gasteiger partial charge in [-0.1, -0.05) is 36.0 Å². The SMILES string of the molecule is C=CC(N)CC1=CC=C(C)CC=C1. The van der Waals surface area contributed by atoms with Crippen LogP contribution in [-0.4, -0.2) is 6.04 Å². The van der Waals surface area contributed by atoms with E-state index in [1.54, 1.807) is 6.08 Å². The van der Waals surface area contributed by atoms with E-state index in [9.17, 15) is 0 Å². The normalized spacial score (nSPS) is 18.6. The molecular formula is C12H17N. The molecule has 1 rings (SSSR count). The van der Waals surface area contributed by atoms with Crippen molar-refractivity contribution < 1.29 is 0 Å². The van der Waals surface area contributed by atoms with Crippen LogP contribution in [-0.2, 0) is 0 Å². The topological polar surface area (TPSA) is 26.0 Å². The molecule has 1 aliphatic rings. The number of hydrogen-bond acceptors (Lipinski definition) is 1. The summed E-state index contributed by atoms with van der Waals surface area (Å²) in [5, 5.41) is 0. The van der Waals surface area contributed by atoms with Gasteiger partial charge in [-0.2, -0.15) is 0 Å². The molecule has 13 heavy (non-hydrogen) atoms. The summed E-state index contributed by atoms with van der Waals surface area (Å²) in [6, 6.07) is 0.0720. The summed E-state index contributed by atoms with van der Waals surface area (Å²) in [7, 11) is 0. The molecule has 0 aromatic heterocycles. The van der Waals surface area contributed by atoms with Gasteiger partial charge in [-0.3, -0.25) is 0 Å². The van der Waals surface area contributed by atoms with Gasteiger partial charge in [-0.25, -0.2) is 0 Å². The van der Waals surface area contributed by atoms with Gasteiger partial charge in [0.2, 0.25) is 0 Å². The van der Waals surface area contributed by atoms with E-state index >= 15 is 0 Å². The minimum Gasteiger partial charge on any atom is -0.324 e. The molecule has 0 fully saturated rings. The number of allylic oxidation sites excluding steroid dienone is 5. The predicted octanol–water partition coefficient (Wildman–Crippen LogP) is 2.72. The summed E-state index contributed by atoms with van der Waals surface area (Å²) in [5.41, 5.74) is 8.45. The molecule has 0 saturated heterocycles. The fraction of sp³-hybridized carbons (Fsp3) is 0.333. The standard InChI is InChI=1S/C12H17N/c1-3-12(13)9-11-6-4-5-10(2)7-8-11/h3-4,6-8,12H,1,5,9,13H2,2H3. The second-order valence-electron chi connectivity index (χ2n) is 3.46. The van der Waals surface area contributed by atoms with Crippen LogP contribution in [0.1, 0.15) is 19.8 Å².